The number of rotatable bonds is 6. The molecule has 0 radical (unpaired) electrons. The molecule has 0 atom stereocenters. The molecule has 4 aromatic rings. The van der Waals surface area contributed by atoms with Crippen molar-refractivity contribution in [3.63, 3.8) is 0 Å². The van der Waals surface area contributed by atoms with Crippen LogP contribution in [0.15, 0.2) is 58.2 Å². The zero-order chi connectivity index (χ0) is 22.1. The molecule has 2 aromatic heterocycles. The Bertz CT molecular complexity index is 1370. The van der Waals surface area contributed by atoms with Crippen molar-refractivity contribution < 1.29 is 17.8 Å². The maximum Gasteiger partial charge on any atom is 0.245 e. The van der Waals surface area contributed by atoms with Crippen molar-refractivity contribution in [2.24, 2.45) is 5.92 Å². The van der Waals surface area contributed by atoms with Gasteiger partial charge in [0.05, 0.1) is 0 Å². The number of hydrogen-bond donors (Lipinski definition) is 2. The molecule has 2 aromatic carbocycles. The Morgan fingerprint density at radius 1 is 1.12 bits per heavy atom. The van der Waals surface area contributed by atoms with Gasteiger partial charge in [-0.25, -0.2) is 13.0 Å². The molecule has 5 rings (SSSR count). The first kappa shape index (κ1) is 20.7. The van der Waals surface area contributed by atoms with E-state index < -0.39 is 10.0 Å². The molecule has 2 N–H and O–H groups in total. The van der Waals surface area contributed by atoms with Gasteiger partial charge in [-0.1, -0.05) is 24.3 Å². The van der Waals surface area contributed by atoms with Gasteiger partial charge in [0, 0.05) is 42.7 Å². The summed E-state index contributed by atoms with van der Waals surface area (Å²) in [6.45, 7) is 1.11. The fourth-order valence-electron chi connectivity index (χ4n) is 4.29. The number of nitrogens with one attached hydrogen (secondary N) is 2. The number of carbonyl (C=O) groups is 1. The lowest BCUT2D eigenvalue weighted by atomic mass is 9.97. The van der Waals surface area contributed by atoms with Crippen LogP contribution in [0.3, 0.4) is 0 Å². The summed E-state index contributed by atoms with van der Waals surface area (Å²) in [5, 5.41) is 11.6. The molecular formula is C22H23N5O4S. The topological polar surface area (TPSA) is 121 Å². The van der Waals surface area contributed by atoms with Crippen LogP contribution in [0.1, 0.15) is 18.4 Å². The number of benzene rings is 2. The molecule has 1 fully saturated rings. The smallest absolute Gasteiger partial charge is 0.245 e. The summed E-state index contributed by atoms with van der Waals surface area (Å²) in [4.78, 5) is 16.0. The molecule has 0 aliphatic carbocycles. The molecule has 1 aliphatic heterocycles. The molecule has 32 heavy (non-hydrogen) atoms. The predicted octanol–water partition coefficient (Wildman–Crippen LogP) is 2.46. The fraction of sp³-hybridized carbons (Fsp3) is 0.318. The number of fused-ring (bicyclic) bond motifs is 2. The number of amides is 1. The van der Waals surface area contributed by atoms with E-state index in [2.05, 4.69) is 31.3 Å². The monoisotopic (exact) mass is 453 g/mol. The number of para-hydroxylation sites is 1. The van der Waals surface area contributed by atoms with Crippen molar-refractivity contribution in [2.45, 2.75) is 24.2 Å². The van der Waals surface area contributed by atoms with Gasteiger partial charge in [0.15, 0.2) is 5.52 Å². The molecule has 0 unspecified atom stereocenters. The van der Waals surface area contributed by atoms with E-state index in [0.717, 1.165) is 17.3 Å². The molecule has 1 aliphatic rings. The Morgan fingerprint density at radius 3 is 2.78 bits per heavy atom. The lowest BCUT2D eigenvalue weighted by Crippen LogP contribution is -2.43. The van der Waals surface area contributed by atoms with Crippen LogP contribution in [0.2, 0.25) is 0 Å². The number of aromatic amines is 1. The first-order valence-corrected chi connectivity index (χ1v) is 12.0. The van der Waals surface area contributed by atoms with E-state index in [4.69, 9.17) is 0 Å². The molecule has 0 spiro atoms. The van der Waals surface area contributed by atoms with Crippen molar-refractivity contribution in [1.82, 2.24) is 24.9 Å². The quantitative estimate of drug-likeness (QED) is 0.463. The average Bonchev–Trinajstić information content (AvgIpc) is 3.46. The van der Waals surface area contributed by atoms with Gasteiger partial charge in [0.1, 0.15) is 10.4 Å². The van der Waals surface area contributed by atoms with Crippen LogP contribution in [0.4, 0.5) is 0 Å². The van der Waals surface area contributed by atoms with Crippen LogP contribution in [0, 0.1) is 5.92 Å². The summed E-state index contributed by atoms with van der Waals surface area (Å²) < 4.78 is 32.3. The van der Waals surface area contributed by atoms with Gasteiger partial charge in [-0.15, -0.1) is 0 Å². The minimum absolute atomic E-state index is 0.0234. The second-order valence-electron chi connectivity index (χ2n) is 7.97. The Balaban J connectivity index is 1.17. The van der Waals surface area contributed by atoms with Crippen LogP contribution in [0.25, 0.3) is 21.9 Å². The highest BCUT2D eigenvalue weighted by atomic mass is 32.2. The van der Waals surface area contributed by atoms with E-state index in [-0.39, 0.29) is 35.3 Å². The van der Waals surface area contributed by atoms with Crippen LogP contribution >= 0.6 is 0 Å². The maximum atomic E-state index is 13.1. The summed E-state index contributed by atoms with van der Waals surface area (Å²) in [6.07, 6.45) is 3.67. The largest absolute Gasteiger partial charge is 0.361 e. The van der Waals surface area contributed by atoms with Gasteiger partial charge in [0.25, 0.3) is 0 Å². The summed E-state index contributed by atoms with van der Waals surface area (Å²) in [5.41, 5.74) is 2.87. The van der Waals surface area contributed by atoms with Gasteiger partial charge >= 0.3 is 0 Å². The standard InChI is InChI=1S/C22H23N5O4S/c28-22(23-11-8-16-14-24-18-5-2-1-4-17(16)18)15-9-12-27(13-10-15)32(29,30)20-7-3-6-19-21(20)26-31-25-19/h1-7,14-15,24H,8-13H2,(H,23,28). The van der Waals surface area contributed by atoms with E-state index in [1.165, 1.54) is 15.9 Å². The molecule has 3 heterocycles. The number of sulfonamides is 1. The molecule has 166 valence electrons. The normalized spacial score (nSPS) is 16.0. The van der Waals surface area contributed by atoms with E-state index in [0.29, 0.717) is 24.9 Å². The summed E-state index contributed by atoms with van der Waals surface area (Å²) in [6, 6.07) is 12.9. The third-order valence-corrected chi connectivity index (χ3v) is 7.99. The van der Waals surface area contributed by atoms with Crippen LogP contribution in [-0.2, 0) is 21.2 Å². The van der Waals surface area contributed by atoms with Gasteiger partial charge < -0.3 is 10.3 Å². The Kier molecular flexibility index (Phi) is 5.40. The lowest BCUT2D eigenvalue weighted by molar-refractivity contribution is -0.126. The maximum absolute atomic E-state index is 13.1. The van der Waals surface area contributed by atoms with E-state index in [9.17, 15) is 13.2 Å². The van der Waals surface area contributed by atoms with E-state index in [1.54, 1.807) is 12.1 Å². The predicted molar refractivity (Wildman–Crippen MR) is 118 cm³/mol. The molecule has 1 saturated heterocycles. The van der Waals surface area contributed by atoms with Crippen LogP contribution < -0.4 is 5.32 Å². The third kappa shape index (κ3) is 3.76. The molecule has 9 nitrogen and oxygen atoms in total. The Labute approximate surface area is 184 Å². The van der Waals surface area contributed by atoms with Gasteiger partial charge in [-0.2, -0.15) is 4.31 Å². The summed E-state index contributed by atoms with van der Waals surface area (Å²) in [5.74, 6) is -0.223. The summed E-state index contributed by atoms with van der Waals surface area (Å²) >= 11 is 0. The third-order valence-electron chi connectivity index (χ3n) is 6.06. The molecule has 0 saturated carbocycles. The molecule has 10 heteroatoms. The highest BCUT2D eigenvalue weighted by Crippen LogP contribution is 2.27. The van der Waals surface area contributed by atoms with Gasteiger partial charge in [0.2, 0.25) is 15.9 Å². The Morgan fingerprint density at radius 2 is 1.94 bits per heavy atom. The van der Waals surface area contributed by atoms with Crippen molar-refractivity contribution in [3.05, 3.63) is 54.2 Å². The first-order chi connectivity index (χ1) is 15.5. The average molecular weight is 454 g/mol. The second kappa shape index (κ2) is 8.36. The van der Waals surface area contributed by atoms with Crippen LogP contribution in [-0.4, -0.2) is 53.6 Å². The molecule has 1 amide bonds. The molecule has 0 bridgehead atoms. The zero-order valence-electron chi connectivity index (χ0n) is 17.3. The van der Waals surface area contributed by atoms with Crippen molar-refractivity contribution >= 4 is 37.9 Å². The Hall–Kier alpha value is -3.24. The van der Waals surface area contributed by atoms with E-state index >= 15 is 0 Å². The lowest BCUT2D eigenvalue weighted by Gasteiger charge is -2.30. The minimum atomic E-state index is -3.74. The highest BCUT2D eigenvalue weighted by molar-refractivity contribution is 7.89. The number of hydrogen-bond acceptors (Lipinski definition) is 6. The number of aromatic nitrogens is 3. The number of piperidine rings is 1. The highest BCUT2D eigenvalue weighted by Gasteiger charge is 2.33. The second-order valence-corrected chi connectivity index (χ2v) is 9.87. The van der Waals surface area contributed by atoms with Crippen molar-refractivity contribution in [2.75, 3.05) is 19.6 Å². The van der Waals surface area contributed by atoms with Crippen molar-refractivity contribution in [3.8, 4) is 0 Å². The first-order valence-electron chi connectivity index (χ1n) is 10.6. The number of carbonyl (C=O) groups excluding carboxylic acids is 1. The fourth-order valence-corrected chi connectivity index (χ4v) is 5.90. The number of H-pyrrole nitrogens is 1. The van der Waals surface area contributed by atoms with Gasteiger partial charge in [-0.05, 0) is 53.3 Å². The summed E-state index contributed by atoms with van der Waals surface area (Å²) in [7, 11) is -3.74. The SMILES string of the molecule is O=C(NCCc1c[nH]c2ccccc12)C1CCN(S(=O)(=O)c2cccc3nonc23)CC1. The molecular weight excluding hydrogens is 430 g/mol. The van der Waals surface area contributed by atoms with E-state index in [1.807, 2.05) is 24.4 Å². The van der Waals surface area contributed by atoms with Gasteiger partial charge in [-0.3, -0.25) is 4.79 Å². The minimum Gasteiger partial charge on any atom is -0.361 e. The van der Waals surface area contributed by atoms with Crippen molar-refractivity contribution in [1.29, 1.82) is 0 Å². The van der Waals surface area contributed by atoms with Crippen LogP contribution in [0.5, 0.6) is 0 Å². The number of nitrogens with zero attached hydrogens (tertiary/aromatic N) is 3. The zero-order valence-corrected chi connectivity index (χ0v) is 18.1.